The third kappa shape index (κ3) is 2.57. The maximum absolute atomic E-state index is 11.2. The van der Waals surface area contributed by atoms with E-state index in [2.05, 4.69) is 4.98 Å². The fourth-order valence-corrected chi connectivity index (χ4v) is 3.66. The molecule has 1 unspecified atom stereocenters. The first kappa shape index (κ1) is 10.6. The minimum absolute atomic E-state index is 0.111. The lowest BCUT2D eigenvalue weighted by Crippen LogP contribution is -2.07. The van der Waals surface area contributed by atoms with Crippen LogP contribution in [-0.2, 0) is 22.9 Å². The van der Waals surface area contributed by atoms with E-state index in [1.165, 1.54) is 6.26 Å². The van der Waals surface area contributed by atoms with E-state index < -0.39 is 9.84 Å². The Balaban J connectivity index is 1.98. The molecule has 0 bridgehead atoms. The topological polar surface area (TPSA) is 80.4 Å². The minimum Gasteiger partial charge on any atom is -0.449 e. The molecule has 0 saturated carbocycles. The molecule has 5 nitrogen and oxygen atoms in total. The van der Waals surface area contributed by atoms with E-state index >= 15 is 0 Å². The SMILES string of the molecule is O=S1(=O)CCC(Cc2nc(CO)co2)C1. The van der Waals surface area contributed by atoms with Crippen LogP contribution in [0.2, 0.25) is 0 Å². The molecule has 2 rings (SSSR count). The van der Waals surface area contributed by atoms with Crippen LogP contribution in [-0.4, -0.2) is 30.0 Å². The van der Waals surface area contributed by atoms with Crippen LogP contribution >= 0.6 is 0 Å². The van der Waals surface area contributed by atoms with Crippen LogP contribution in [0.15, 0.2) is 10.7 Å². The second-order valence-electron chi connectivity index (χ2n) is 3.86. The van der Waals surface area contributed by atoms with E-state index in [-0.39, 0.29) is 24.0 Å². The average Bonchev–Trinajstić information content (AvgIpc) is 2.73. The van der Waals surface area contributed by atoms with Gasteiger partial charge in [-0.1, -0.05) is 0 Å². The second kappa shape index (κ2) is 3.94. The molecule has 0 aliphatic carbocycles. The van der Waals surface area contributed by atoms with Crippen LogP contribution in [0.1, 0.15) is 18.0 Å². The van der Waals surface area contributed by atoms with Gasteiger partial charge in [0, 0.05) is 6.42 Å². The number of rotatable bonds is 3. The number of aromatic nitrogens is 1. The summed E-state index contributed by atoms with van der Waals surface area (Å²) in [6.07, 6.45) is 2.62. The molecule has 1 saturated heterocycles. The van der Waals surface area contributed by atoms with Crippen LogP contribution in [0.4, 0.5) is 0 Å². The Hall–Kier alpha value is -0.880. The van der Waals surface area contributed by atoms with E-state index in [9.17, 15) is 8.42 Å². The second-order valence-corrected chi connectivity index (χ2v) is 6.09. The Kier molecular flexibility index (Phi) is 2.79. The van der Waals surface area contributed by atoms with Crippen molar-refractivity contribution in [2.45, 2.75) is 19.4 Å². The predicted octanol–water partition coefficient (Wildman–Crippen LogP) is 0.144. The predicted molar refractivity (Wildman–Crippen MR) is 52.9 cm³/mol. The summed E-state index contributed by atoms with van der Waals surface area (Å²) in [5.74, 6) is 1.12. The lowest BCUT2D eigenvalue weighted by Gasteiger charge is -2.02. The zero-order valence-corrected chi connectivity index (χ0v) is 9.03. The lowest BCUT2D eigenvalue weighted by molar-refractivity contribution is 0.276. The molecule has 1 N–H and O–H groups in total. The molecule has 1 atom stereocenters. The molecule has 1 aromatic rings. The van der Waals surface area contributed by atoms with Gasteiger partial charge in [0.25, 0.3) is 0 Å². The van der Waals surface area contributed by atoms with Gasteiger partial charge in [-0.2, -0.15) is 0 Å². The Morgan fingerprint density at radius 2 is 2.40 bits per heavy atom. The number of hydrogen-bond donors (Lipinski definition) is 1. The molecule has 1 aromatic heterocycles. The Labute approximate surface area is 88.0 Å². The van der Waals surface area contributed by atoms with Crippen molar-refractivity contribution in [1.29, 1.82) is 0 Å². The summed E-state index contributed by atoms with van der Waals surface area (Å²) in [5, 5.41) is 8.78. The Morgan fingerprint density at radius 3 is 2.93 bits per heavy atom. The standard InChI is InChI=1S/C9H13NO4S/c11-4-8-5-14-9(10-8)3-7-1-2-15(12,13)6-7/h5,7,11H,1-4,6H2. The molecule has 1 aliphatic rings. The van der Waals surface area contributed by atoms with Crippen LogP contribution in [0.25, 0.3) is 0 Å². The van der Waals surface area contributed by atoms with E-state index in [4.69, 9.17) is 9.52 Å². The Morgan fingerprint density at radius 1 is 1.60 bits per heavy atom. The van der Waals surface area contributed by atoms with Gasteiger partial charge in [0.05, 0.1) is 18.1 Å². The summed E-state index contributed by atoms with van der Waals surface area (Å²) in [4.78, 5) is 4.03. The summed E-state index contributed by atoms with van der Waals surface area (Å²) in [5.41, 5.74) is 0.492. The highest BCUT2D eigenvalue weighted by atomic mass is 32.2. The van der Waals surface area contributed by atoms with Crippen LogP contribution < -0.4 is 0 Å². The van der Waals surface area contributed by atoms with E-state index in [0.717, 1.165) is 0 Å². The molecule has 0 amide bonds. The fourth-order valence-electron chi connectivity index (χ4n) is 1.80. The summed E-state index contributed by atoms with van der Waals surface area (Å²) in [7, 11) is -2.83. The quantitative estimate of drug-likeness (QED) is 0.800. The van der Waals surface area contributed by atoms with Gasteiger partial charge < -0.3 is 9.52 Å². The first-order valence-electron chi connectivity index (χ1n) is 4.83. The van der Waals surface area contributed by atoms with Crippen LogP contribution in [0.3, 0.4) is 0 Å². The average molecular weight is 231 g/mol. The monoisotopic (exact) mass is 231 g/mol. The molecular formula is C9H13NO4S. The number of aliphatic hydroxyl groups excluding tert-OH is 1. The van der Waals surface area contributed by atoms with Gasteiger partial charge >= 0.3 is 0 Å². The number of oxazole rings is 1. The van der Waals surface area contributed by atoms with E-state index in [1.54, 1.807) is 0 Å². The zero-order valence-electron chi connectivity index (χ0n) is 8.22. The van der Waals surface area contributed by atoms with Gasteiger partial charge in [0.15, 0.2) is 15.7 Å². The third-order valence-electron chi connectivity index (χ3n) is 2.55. The van der Waals surface area contributed by atoms with Gasteiger partial charge in [0.2, 0.25) is 0 Å². The molecule has 6 heteroatoms. The fraction of sp³-hybridized carbons (Fsp3) is 0.667. The molecule has 0 spiro atoms. The number of hydrogen-bond acceptors (Lipinski definition) is 5. The van der Waals surface area contributed by atoms with Gasteiger partial charge in [-0.3, -0.25) is 0 Å². The van der Waals surface area contributed by atoms with Crippen molar-refractivity contribution in [1.82, 2.24) is 4.98 Å². The normalized spacial score (nSPS) is 24.5. The minimum atomic E-state index is -2.83. The maximum atomic E-state index is 11.2. The van der Waals surface area contributed by atoms with Crippen LogP contribution in [0, 0.1) is 5.92 Å². The number of aliphatic hydroxyl groups is 1. The van der Waals surface area contributed by atoms with Crippen LogP contribution in [0.5, 0.6) is 0 Å². The highest BCUT2D eigenvalue weighted by Gasteiger charge is 2.28. The molecular weight excluding hydrogens is 218 g/mol. The van der Waals surface area contributed by atoms with E-state index in [0.29, 0.717) is 24.4 Å². The summed E-state index contributed by atoms with van der Waals surface area (Å²) >= 11 is 0. The third-order valence-corrected chi connectivity index (χ3v) is 4.39. The van der Waals surface area contributed by atoms with E-state index in [1.807, 2.05) is 0 Å². The highest BCUT2D eigenvalue weighted by Crippen LogP contribution is 2.22. The molecule has 0 aromatic carbocycles. The van der Waals surface area contributed by atoms with Crippen molar-refractivity contribution in [3.63, 3.8) is 0 Å². The first-order chi connectivity index (χ1) is 7.09. The molecule has 84 valence electrons. The molecule has 15 heavy (non-hydrogen) atoms. The molecule has 1 aliphatic heterocycles. The van der Waals surface area contributed by atoms with Crippen molar-refractivity contribution >= 4 is 9.84 Å². The zero-order chi connectivity index (χ0) is 10.9. The lowest BCUT2D eigenvalue weighted by atomic mass is 10.1. The van der Waals surface area contributed by atoms with Crippen molar-refractivity contribution in [3.05, 3.63) is 17.8 Å². The summed E-state index contributed by atoms with van der Waals surface area (Å²) in [6, 6.07) is 0. The van der Waals surface area contributed by atoms with Gasteiger partial charge in [0.1, 0.15) is 12.0 Å². The van der Waals surface area contributed by atoms with Gasteiger partial charge in [-0.25, -0.2) is 13.4 Å². The molecule has 1 fully saturated rings. The first-order valence-corrected chi connectivity index (χ1v) is 6.66. The summed E-state index contributed by atoms with van der Waals surface area (Å²) in [6.45, 7) is -0.146. The van der Waals surface area contributed by atoms with Gasteiger partial charge in [-0.15, -0.1) is 0 Å². The van der Waals surface area contributed by atoms with Crippen molar-refractivity contribution in [2.75, 3.05) is 11.5 Å². The molecule has 0 radical (unpaired) electrons. The highest BCUT2D eigenvalue weighted by molar-refractivity contribution is 7.91. The van der Waals surface area contributed by atoms with Crippen molar-refractivity contribution in [2.24, 2.45) is 5.92 Å². The number of nitrogens with zero attached hydrogens (tertiary/aromatic N) is 1. The molecule has 2 heterocycles. The summed E-state index contributed by atoms with van der Waals surface area (Å²) < 4.78 is 27.5. The van der Waals surface area contributed by atoms with Crippen molar-refractivity contribution < 1.29 is 17.9 Å². The maximum Gasteiger partial charge on any atom is 0.194 e. The van der Waals surface area contributed by atoms with Gasteiger partial charge in [-0.05, 0) is 12.3 Å². The van der Waals surface area contributed by atoms with Crippen molar-refractivity contribution in [3.8, 4) is 0 Å². The Bertz CT molecular complexity index is 437. The largest absolute Gasteiger partial charge is 0.449 e. The smallest absolute Gasteiger partial charge is 0.194 e. The number of sulfone groups is 1.